The SMILES string of the molecule is Cc1ccc(Cl)c(NS(=O)(=O)c2cc(Cl)ccc2N)c1Cl. The first-order chi connectivity index (χ1) is 9.72. The molecule has 0 aliphatic carbocycles. The molecule has 0 aliphatic heterocycles. The summed E-state index contributed by atoms with van der Waals surface area (Å²) in [4.78, 5) is -0.136. The van der Waals surface area contributed by atoms with Crippen molar-refractivity contribution in [2.45, 2.75) is 11.8 Å². The lowest BCUT2D eigenvalue weighted by atomic mass is 10.2. The summed E-state index contributed by atoms with van der Waals surface area (Å²) >= 11 is 17.9. The Kier molecular flexibility index (Phi) is 4.58. The van der Waals surface area contributed by atoms with Gasteiger partial charge in [-0.25, -0.2) is 8.42 Å². The Morgan fingerprint density at radius 1 is 1.10 bits per heavy atom. The van der Waals surface area contributed by atoms with Crippen molar-refractivity contribution in [3.05, 3.63) is 51.0 Å². The summed E-state index contributed by atoms with van der Waals surface area (Å²) in [5, 5.41) is 0.674. The zero-order chi connectivity index (χ0) is 15.8. The van der Waals surface area contributed by atoms with E-state index in [0.29, 0.717) is 5.56 Å². The van der Waals surface area contributed by atoms with Gasteiger partial charge in [-0.1, -0.05) is 40.9 Å². The number of rotatable bonds is 3. The molecule has 21 heavy (non-hydrogen) atoms. The summed E-state index contributed by atoms with van der Waals surface area (Å²) in [5.41, 5.74) is 6.57. The van der Waals surface area contributed by atoms with Gasteiger partial charge in [-0.05, 0) is 36.8 Å². The molecule has 0 aromatic heterocycles. The van der Waals surface area contributed by atoms with E-state index in [9.17, 15) is 8.42 Å². The first-order valence-electron chi connectivity index (χ1n) is 5.75. The number of nitrogen functional groups attached to an aromatic ring is 1. The monoisotopic (exact) mass is 364 g/mol. The predicted molar refractivity (Wildman–Crippen MR) is 87.9 cm³/mol. The lowest BCUT2D eigenvalue weighted by Gasteiger charge is -2.14. The zero-order valence-electron chi connectivity index (χ0n) is 10.8. The van der Waals surface area contributed by atoms with Crippen LogP contribution in [0.2, 0.25) is 15.1 Å². The normalized spacial score (nSPS) is 11.4. The highest BCUT2D eigenvalue weighted by Gasteiger charge is 2.21. The molecule has 2 rings (SSSR count). The fraction of sp³-hybridized carbons (Fsp3) is 0.0769. The third-order valence-corrected chi connectivity index (χ3v) is 5.23. The van der Waals surface area contributed by atoms with Crippen LogP contribution in [-0.4, -0.2) is 8.42 Å². The Balaban J connectivity index is 2.53. The molecule has 3 N–H and O–H groups in total. The molecule has 0 radical (unpaired) electrons. The number of sulfonamides is 1. The maximum Gasteiger partial charge on any atom is 0.264 e. The first-order valence-corrected chi connectivity index (χ1v) is 8.36. The first kappa shape index (κ1) is 16.2. The van der Waals surface area contributed by atoms with Gasteiger partial charge in [0, 0.05) is 5.02 Å². The van der Waals surface area contributed by atoms with E-state index in [1.165, 1.54) is 18.2 Å². The maximum atomic E-state index is 12.4. The standard InChI is InChI=1S/C13H11Cl3N2O2S/c1-7-2-4-9(15)13(12(7)16)18-21(19,20)11-6-8(14)3-5-10(11)17/h2-6,18H,17H2,1H3. The molecular formula is C13H11Cl3N2O2S. The Hall–Kier alpha value is -1.14. The molecule has 8 heteroatoms. The molecule has 112 valence electrons. The predicted octanol–water partition coefficient (Wildman–Crippen LogP) is 4.34. The molecule has 0 amide bonds. The van der Waals surface area contributed by atoms with E-state index >= 15 is 0 Å². The minimum atomic E-state index is -3.96. The molecule has 0 saturated heterocycles. The van der Waals surface area contributed by atoms with Crippen molar-refractivity contribution in [1.82, 2.24) is 0 Å². The van der Waals surface area contributed by atoms with Crippen molar-refractivity contribution in [3.8, 4) is 0 Å². The van der Waals surface area contributed by atoms with E-state index in [4.69, 9.17) is 40.5 Å². The highest BCUT2D eigenvalue weighted by Crippen LogP contribution is 2.35. The van der Waals surface area contributed by atoms with Gasteiger partial charge >= 0.3 is 0 Å². The lowest BCUT2D eigenvalue weighted by Crippen LogP contribution is -2.15. The molecule has 0 atom stereocenters. The molecule has 0 heterocycles. The fourth-order valence-corrected chi connectivity index (χ4v) is 3.75. The number of benzene rings is 2. The number of nitrogens with one attached hydrogen (secondary N) is 1. The average molecular weight is 366 g/mol. The van der Waals surface area contributed by atoms with Gasteiger partial charge in [0.15, 0.2) is 0 Å². The maximum absolute atomic E-state index is 12.4. The molecule has 0 aliphatic rings. The van der Waals surface area contributed by atoms with Crippen molar-refractivity contribution in [3.63, 3.8) is 0 Å². The number of halogens is 3. The summed E-state index contributed by atoms with van der Waals surface area (Å²) in [5.74, 6) is 0. The molecule has 2 aromatic carbocycles. The largest absolute Gasteiger partial charge is 0.398 e. The number of hydrogen-bond acceptors (Lipinski definition) is 3. The summed E-state index contributed by atoms with van der Waals surface area (Å²) in [6.07, 6.45) is 0. The smallest absolute Gasteiger partial charge is 0.264 e. The van der Waals surface area contributed by atoms with E-state index < -0.39 is 10.0 Å². The van der Waals surface area contributed by atoms with Crippen LogP contribution in [0.4, 0.5) is 11.4 Å². The van der Waals surface area contributed by atoms with Crippen LogP contribution in [0.15, 0.2) is 35.2 Å². The van der Waals surface area contributed by atoms with Crippen LogP contribution >= 0.6 is 34.8 Å². The second kappa shape index (κ2) is 5.93. The summed E-state index contributed by atoms with van der Waals surface area (Å²) in [6, 6.07) is 7.42. The van der Waals surface area contributed by atoms with Crippen LogP contribution in [0, 0.1) is 6.92 Å². The van der Waals surface area contributed by atoms with Gasteiger partial charge < -0.3 is 5.73 Å². The Morgan fingerprint density at radius 2 is 1.76 bits per heavy atom. The van der Waals surface area contributed by atoms with Crippen molar-refractivity contribution in [2.75, 3.05) is 10.5 Å². The van der Waals surface area contributed by atoms with Gasteiger partial charge in [-0.15, -0.1) is 0 Å². The second-order valence-corrected chi connectivity index (χ2v) is 7.21. The summed E-state index contributed by atoms with van der Waals surface area (Å²) < 4.78 is 27.2. The number of anilines is 2. The van der Waals surface area contributed by atoms with Crippen molar-refractivity contribution < 1.29 is 8.42 Å². The van der Waals surface area contributed by atoms with Crippen LogP contribution in [0.3, 0.4) is 0 Å². The van der Waals surface area contributed by atoms with Crippen molar-refractivity contribution in [2.24, 2.45) is 0 Å². The van der Waals surface area contributed by atoms with Gasteiger partial charge in [0.05, 0.1) is 21.4 Å². The quantitative estimate of drug-likeness (QED) is 0.795. The molecule has 0 unspecified atom stereocenters. The molecule has 2 aromatic rings. The van der Waals surface area contributed by atoms with Gasteiger partial charge in [-0.3, -0.25) is 4.72 Å². The Labute approximate surface area is 137 Å². The van der Waals surface area contributed by atoms with E-state index in [0.717, 1.165) is 0 Å². The van der Waals surface area contributed by atoms with E-state index in [2.05, 4.69) is 4.72 Å². The highest BCUT2D eigenvalue weighted by atomic mass is 35.5. The average Bonchev–Trinajstić information content (AvgIpc) is 2.42. The third-order valence-electron chi connectivity index (χ3n) is 2.79. The van der Waals surface area contributed by atoms with E-state index in [1.54, 1.807) is 19.1 Å². The van der Waals surface area contributed by atoms with Crippen LogP contribution in [0.25, 0.3) is 0 Å². The minimum absolute atomic E-state index is 0.0757. The minimum Gasteiger partial charge on any atom is -0.398 e. The second-order valence-electron chi connectivity index (χ2n) is 4.34. The molecule has 0 bridgehead atoms. The van der Waals surface area contributed by atoms with Gasteiger partial charge in [-0.2, -0.15) is 0 Å². The molecule has 0 spiro atoms. The zero-order valence-corrected chi connectivity index (χ0v) is 13.9. The van der Waals surface area contributed by atoms with Crippen LogP contribution < -0.4 is 10.5 Å². The topological polar surface area (TPSA) is 72.2 Å². The molecule has 0 saturated carbocycles. The van der Waals surface area contributed by atoms with Crippen LogP contribution in [0.1, 0.15) is 5.56 Å². The van der Waals surface area contributed by atoms with Gasteiger partial charge in [0.2, 0.25) is 0 Å². The van der Waals surface area contributed by atoms with Gasteiger partial charge in [0.25, 0.3) is 10.0 Å². The van der Waals surface area contributed by atoms with Crippen LogP contribution in [0.5, 0.6) is 0 Å². The van der Waals surface area contributed by atoms with Crippen molar-refractivity contribution in [1.29, 1.82) is 0 Å². The molecule has 0 fully saturated rings. The Morgan fingerprint density at radius 3 is 2.43 bits per heavy atom. The molecular weight excluding hydrogens is 355 g/mol. The number of aryl methyl sites for hydroxylation is 1. The van der Waals surface area contributed by atoms with E-state index in [-0.39, 0.29) is 31.3 Å². The third kappa shape index (κ3) is 3.37. The number of nitrogens with two attached hydrogens (primary N) is 1. The summed E-state index contributed by atoms with van der Waals surface area (Å²) in [7, 11) is -3.96. The van der Waals surface area contributed by atoms with Crippen molar-refractivity contribution >= 4 is 56.2 Å². The molecule has 4 nitrogen and oxygen atoms in total. The van der Waals surface area contributed by atoms with E-state index in [1.807, 2.05) is 0 Å². The van der Waals surface area contributed by atoms with Crippen LogP contribution in [-0.2, 0) is 10.0 Å². The highest BCUT2D eigenvalue weighted by molar-refractivity contribution is 7.93. The number of hydrogen-bond donors (Lipinski definition) is 2. The lowest BCUT2D eigenvalue weighted by molar-refractivity contribution is 0.601. The van der Waals surface area contributed by atoms with Gasteiger partial charge in [0.1, 0.15) is 4.90 Å². The summed E-state index contributed by atoms with van der Waals surface area (Å²) in [6.45, 7) is 1.74. The fourth-order valence-electron chi connectivity index (χ4n) is 1.68. The Bertz CT molecular complexity index is 807.